The summed E-state index contributed by atoms with van der Waals surface area (Å²) in [5.41, 5.74) is 0.658. The first-order valence-corrected chi connectivity index (χ1v) is 10.6. The molecule has 144 valence electrons. The number of fused-ring (bicyclic) bond motifs is 1. The molecule has 0 aliphatic carbocycles. The van der Waals surface area contributed by atoms with E-state index in [0.29, 0.717) is 30.8 Å². The fourth-order valence-corrected chi connectivity index (χ4v) is 5.74. The van der Waals surface area contributed by atoms with Crippen molar-refractivity contribution in [3.63, 3.8) is 0 Å². The second-order valence-corrected chi connectivity index (χ2v) is 9.21. The Balaban J connectivity index is 1.32. The van der Waals surface area contributed by atoms with Gasteiger partial charge in [-0.3, -0.25) is 14.4 Å². The van der Waals surface area contributed by atoms with Crippen LogP contribution in [0.3, 0.4) is 0 Å². The number of hydrogen-bond acceptors (Lipinski definition) is 4. The Morgan fingerprint density at radius 2 is 1.89 bits per heavy atom. The summed E-state index contributed by atoms with van der Waals surface area (Å²) in [7, 11) is 0. The van der Waals surface area contributed by atoms with Gasteiger partial charge in [0.2, 0.25) is 11.8 Å². The Hall–Kier alpha value is -2.02. The summed E-state index contributed by atoms with van der Waals surface area (Å²) in [6.45, 7) is 3.32. The number of nitrogens with zero attached hydrogens (tertiary/aromatic N) is 2. The van der Waals surface area contributed by atoms with Gasteiger partial charge in [-0.05, 0) is 38.3 Å². The van der Waals surface area contributed by atoms with Gasteiger partial charge in [0, 0.05) is 36.9 Å². The van der Waals surface area contributed by atoms with E-state index in [1.807, 2.05) is 28.0 Å². The lowest BCUT2D eigenvalue weighted by Crippen LogP contribution is -2.54. The number of hydrogen-bond donors (Lipinski definition) is 1. The van der Waals surface area contributed by atoms with Crippen LogP contribution < -0.4 is 5.32 Å². The smallest absolute Gasteiger partial charge is 0.251 e. The minimum absolute atomic E-state index is 0.0639. The first-order chi connectivity index (χ1) is 13.0. The van der Waals surface area contributed by atoms with Gasteiger partial charge >= 0.3 is 0 Å². The van der Waals surface area contributed by atoms with Crippen molar-refractivity contribution >= 4 is 29.5 Å². The number of amides is 3. The number of thioether (sulfide) groups is 1. The largest absolute Gasteiger partial charge is 0.349 e. The zero-order valence-electron chi connectivity index (χ0n) is 15.5. The summed E-state index contributed by atoms with van der Waals surface area (Å²) in [6, 6.07) is 8.94. The maximum Gasteiger partial charge on any atom is 0.251 e. The number of carbonyl (C=O) groups excluding carboxylic acids is 3. The van der Waals surface area contributed by atoms with Crippen LogP contribution >= 0.6 is 11.8 Å². The molecule has 2 atom stereocenters. The van der Waals surface area contributed by atoms with Crippen molar-refractivity contribution in [3.8, 4) is 0 Å². The predicted octanol–water partition coefficient (Wildman–Crippen LogP) is 1.86. The van der Waals surface area contributed by atoms with Gasteiger partial charge in [-0.1, -0.05) is 18.2 Å². The molecule has 0 unspecified atom stereocenters. The average molecular weight is 388 g/mol. The van der Waals surface area contributed by atoms with E-state index < -0.39 is 0 Å². The molecule has 6 nitrogen and oxygen atoms in total. The topological polar surface area (TPSA) is 69.7 Å². The molecular weight excluding hydrogens is 362 g/mol. The molecule has 0 bridgehead atoms. The molecule has 1 N–H and O–H groups in total. The predicted molar refractivity (Wildman–Crippen MR) is 104 cm³/mol. The van der Waals surface area contributed by atoms with E-state index in [1.54, 1.807) is 23.9 Å². The third kappa shape index (κ3) is 3.45. The molecule has 1 aromatic carbocycles. The summed E-state index contributed by atoms with van der Waals surface area (Å²) in [5, 5.41) is 3.07. The fraction of sp³-hybridized carbons (Fsp3) is 0.550. The van der Waals surface area contributed by atoms with Crippen molar-refractivity contribution in [2.24, 2.45) is 0 Å². The highest BCUT2D eigenvalue weighted by Gasteiger charge is 2.53. The third-order valence-corrected chi connectivity index (χ3v) is 7.41. The molecule has 3 aliphatic heterocycles. The molecule has 1 aromatic rings. The SMILES string of the molecule is C[C@]12CCC(=O)N1[C@@H](C(=O)N1CCC(NC(=O)c3ccccc3)CC1)CS2. The molecule has 3 amide bonds. The highest BCUT2D eigenvalue weighted by Crippen LogP contribution is 2.47. The second kappa shape index (κ2) is 7.19. The molecule has 3 saturated heterocycles. The molecule has 4 rings (SSSR count). The summed E-state index contributed by atoms with van der Waals surface area (Å²) < 4.78 is 0. The van der Waals surface area contributed by atoms with Gasteiger partial charge in [0.05, 0.1) is 4.87 Å². The van der Waals surface area contributed by atoms with Crippen LogP contribution in [0.5, 0.6) is 0 Å². The summed E-state index contributed by atoms with van der Waals surface area (Å²) >= 11 is 1.73. The minimum Gasteiger partial charge on any atom is -0.349 e. The molecule has 0 saturated carbocycles. The second-order valence-electron chi connectivity index (χ2n) is 7.70. The Kier molecular flexibility index (Phi) is 4.88. The molecule has 27 heavy (non-hydrogen) atoms. The summed E-state index contributed by atoms with van der Waals surface area (Å²) in [4.78, 5) is 41.1. The Morgan fingerprint density at radius 3 is 2.59 bits per heavy atom. The van der Waals surface area contributed by atoms with Crippen molar-refractivity contribution in [2.45, 2.75) is 49.6 Å². The van der Waals surface area contributed by atoms with Crippen LogP contribution in [0.15, 0.2) is 30.3 Å². The quantitative estimate of drug-likeness (QED) is 0.860. The number of benzene rings is 1. The molecule has 0 spiro atoms. The highest BCUT2D eigenvalue weighted by atomic mass is 32.2. The summed E-state index contributed by atoms with van der Waals surface area (Å²) in [6.07, 6.45) is 2.86. The van der Waals surface area contributed by atoms with E-state index in [9.17, 15) is 14.4 Å². The van der Waals surface area contributed by atoms with Crippen molar-refractivity contribution in [1.29, 1.82) is 0 Å². The van der Waals surface area contributed by atoms with Crippen LogP contribution in [0.25, 0.3) is 0 Å². The molecule has 0 radical (unpaired) electrons. The van der Waals surface area contributed by atoms with Gasteiger partial charge in [0.1, 0.15) is 6.04 Å². The van der Waals surface area contributed by atoms with Crippen LogP contribution in [0.2, 0.25) is 0 Å². The lowest BCUT2D eigenvalue weighted by Gasteiger charge is -2.36. The maximum absolute atomic E-state index is 13.0. The molecular formula is C20H25N3O3S. The van der Waals surface area contributed by atoms with E-state index >= 15 is 0 Å². The van der Waals surface area contributed by atoms with Crippen LogP contribution in [0.1, 0.15) is 43.0 Å². The maximum atomic E-state index is 13.0. The van der Waals surface area contributed by atoms with Crippen molar-refractivity contribution in [3.05, 3.63) is 35.9 Å². The van der Waals surface area contributed by atoms with E-state index in [0.717, 1.165) is 19.3 Å². The number of carbonyl (C=O) groups is 3. The number of piperidine rings is 1. The van der Waals surface area contributed by atoms with Crippen molar-refractivity contribution in [2.75, 3.05) is 18.8 Å². The van der Waals surface area contributed by atoms with Gasteiger partial charge in [-0.25, -0.2) is 0 Å². The zero-order chi connectivity index (χ0) is 19.0. The Labute approximate surface area is 163 Å². The van der Waals surface area contributed by atoms with Gasteiger partial charge in [0.15, 0.2) is 0 Å². The van der Waals surface area contributed by atoms with Gasteiger partial charge in [0.25, 0.3) is 5.91 Å². The lowest BCUT2D eigenvalue weighted by atomic mass is 10.0. The van der Waals surface area contributed by atoms with E-state index in [4.69, 9.17) is 0 Å². The number of nitrogens with one attached hydrogen (secondary N) is 1. The fourth-order valence-electron chi connectivity index (χ4n) is 4.32. The van der Waals surface area contributed by atoms with Crippen LogP contribution in [0.4, 0.5) is 0 Å². The van der Waals surface area contributed by atoms with E-state index in [-0.39, 0.29) is 34.7 Å². The zero-order valence-corrected chi connectivity index (χ0v) is 16.3. The van der Waals surface area contributed by atoms with Gasteiger partial charge in [-0.2, -0.15) is 0 Å². The molecule has 0 aromatic heterocycles. The number of likely N-dealkylation sites (tertiary alicyclic amines) is 1. The molecule has 3 heterocycles. The van der Waals surface area contributed by atoms with Gasteiger partial charge in [-0.15, -0.1) is 11.8 Å². The normalized spacial score (nSPS) is 28.3. The van der Waals surface area contributed by atoms with Crippen molar-refractivity contribution < 1.29 is 14.4 Å². The van der Waals surface area contributed by atoms with Crippen LogP contribution in [-0.4, -0.2) is 63.3 Å². The third-order valence-electron chi connectivity index (χ3n) is 5.91. The van der Waals surface area contributed by atoms with Gasteiger partial charge < -0.3 is 15.1 Å². The standard InChI is InChI=1S/C20H25N3O3S/c1-20-10-7-17(24)23(20)16(13-27-20)19(26)22-11-8-15(9-12-22)21-18(25)14-5-3-2-4-6-14/h2-6,15-16H,7-13H2,1H3,(H,21,25)/t16-,20+/m1/s1. The molecule has 7 heteroatoms. The summed E-state index contributed by atoms with van der Waals surface area (Å²) in [5.74, 6) is 0.789. The first kappa shape index (κ1) is 18.3. The van der Waals surface area contributed by atoms with Crippen LogP contribution in [0, 0.1) is 0 Å². The molecule has 3 aliphatic rings. The molecule has 3 fully saturated rings. The van der Waals surface area contributed by atoms with E-state index in [1.165, 1.54) is 0 Å². The monoisotopic (exact) mass is 387 g/mol. The van der Waals surface area contributed by atoms with Crippen molar-refractivity contribution in [1.82, 2.24) is 15.1 Å². The lowest BCUT2D eigenvalue weighted by molar-refractivity contribution is -0.144. The number of rotatable bonds is 3. The highest BCUT2D eigenvalue weighted by molar-refractivity contribution is 8.01. The Morgan fingerprint density at radius 1 is 1.19 bits per heavy atom. The van der Waals surface area contributed by atoms with E-state index in [2.05, 4.69) is 12.2 Å². The minimum atomic E-state index is -0.328. The van der Waals surface area contributed by atoms with Crippen LogP contribution in [-0.2, 0) is 9.59 Å². The first-order valence-electron chi connectivity index (χ1n) is 9.59. The average Bonchev–Trinajstić information content (AvgIpc) is 3.18. The Bertz CT molecular complexity index is 748.